The van der Waals surface area contributed by atoms with Gasteiger partial charge in [0.2, 0.25) is 0 Å². The molecule has 1 unspecified atom stereocenters. The Hall–Kier alpha value is -0.830. The number of carbonyl (C=O) groups excluding carboxylic acids is 1. The van der Waals surface area contributed by atoms with E-state index in [2.05, 4.69) is 15.9 Å². The van der Waals surface area contributed by atoms with Crippen LogP contribution in [0, 0.1) is 0 Å². The van der Waals surface area contributed by atoms with Crippen molar-refractivity contribution in [3.63, 3.8) is 0 Å². The van der Waals surface area contributed by atoms with Crippen molar-refractivity contribution in [1.29, 1.82) is 0 Å². The Kier molecular flexibility index (Phi) is 2.36. The molecule has 3 heteroatoms. The molecule has 0 bridgehead atoms. The lowest BCUT2D eigenvalue weighted by atomic mass is 9.95. The van der Waals surface area contributed by atoms with Crippen molar-refractivity contribution in [1.82, 2.24) is 0 Å². The first-order valence-electron chi connectivity index (χ1n) is 4.19. The summed E-state index contributed by atoms with van der Waals surface area (Å²) in [7, 11) is 0. The van der Waals surface area contributed by atoms with Crippen LogP contribution in [0.25, 0.3) is 0 Å². The van der Waals surface area contributed by atoms with Crippen LogP contribution >= 0.6 is 15.9 Å². The highest BCUT2D eigenvalue weighted by molar-refractivity contribution is 9.10. The van der Waals surface area contributed by atoms with Crippen molar-refractivity contribution >= 4 is 22.2 Å². The van der Waals surface area contributed by atoms with Crippen molar-refractivity contribution < 1.29 is 9.53 Å². The first-order chi connectivity index (χ1) is 6.33. The number of aldehydes is 1. The molecule has 0 amide bonds. The summed E-state index contributed by atoms with van der Waals surface area (Å²) < 4.78 is 6.41. The molecule has 0 spiro atoms. The van der Waals surface area contributed by atoms with Crippen LogP contribution in [0.5, 0.6) is 5.75 Å². The number of benzene rings is 1. The minimum Gasteiger partial charge on any atom is -0.492 e. The third-order valence-electron chi connectivity index (χ3n) is 2.24. The molecule has 0 saturated carbocycles. The number of para-hydroxylation sites is 1. The lowest BCUT2D eigenvalue weighted by Gasteiger charge is -2.22. The topological polar surface area (TPSA) is 26.3 Å². The van der Waals surface area contributed by atoms with E-state index >= 15 is 0 Å². The standard InChI is InChI=1S/C10H9BrO2/c11-9-3-1-2-8-7(6-12)4-5-13-10(8)9/h1-3,6-7H,4-5H2. The molecule has 2 rings (SSSR count). The van der Waals surface area contributed by atoms with Gasteiger partial charge in [-0.25, -0.2) is 0 Å². The first-order valence-corrected chi connectivity index (χ1v) is 4.98. The van der Waals surface area contributed by atoms with Crippen LogP contribution in [-0.2, 0) is 4.79 Å². The molecule has 1 aliphatic rings. The Morgan fingerprint density at radius 1 is 1.54 bits per heavy atom. The van der Waals surface area contributed by atoms with Gasteiger partial charge in [0.05, 0.1) is 11.1 Å². The van der Waals surface area contributed by atoms with Gasteiger partial charge in [0.15, 0.2) is 0 Å². The molecule has 1 heterocycles. The van der Waals surface area contributed by atoms with Crippen molar-refractivity contribution in [3.8, 4) is 5.75 Å². The molecule has 0 N–H and O–H groups in total. The molecule has 0 aliphatic carbocycles. The zero-order valence-corrected chi connectivity index (χ0v) is 8.58. The summed E-state index contributed by atoms with van der Waals surface area (Å²) in [6, 6.07) is 5.79. The normalized spacial score (nSPS) is 20.2. The van der Waals surface area contributed by atoms with Crippen LogP contribution in [-0.4, -0.2) is 12.9 Å². The lowest BCUT2D eigenvalue weighted by Crippen LogP contribution is -2.15. The van der Waals surface area contributed by atoms with E-state index in [1.165, 1.54) is 0 Å². The van der Waals surface area contributed by atoms with Gasteiger partial charge in [-0.15, -0.1) is 0 Å². The molecule has 0 aromatic heterocycles. The van der Waals surface area contributed by atoms with E-state index in [0.29, 0.717) is 6.61 Å². The molecule has 0 fully saturated rings. The fraction of sp³-hybridized carbons (Fsp3) is 0.300. The minimum absolute atomic E-state index is 0.00116. The minimum atomic E-state index is 0.00116. The molecular weight excluding hydrogens is 232 g/mol. The zero-order chi connectivity index (χ0) is 9.26. The van der Waals surface area contributed by atoms with Crippen molar-refractivity contribution in [2.24, 2.45) is 0 Å². The maximum atomic E-state index is 10.8. The summed E-state index contributed by atoms with van der Waals surface area (Å²) in [6.07, 6.45) is 1.78. The number of hydrogen-bond donors (Lipinski definition) is 0. The van der Waals surface area contributed by atoms with E-state index in [1.54, 1.807) is 0 Å². The summed E-state index contributed by atoms with van der Waals surface area (Å²) in [5, 5.41) is 0. The van der Waals surface area contributed by atoms with Crippen molar-refractivity contribution in [2.45, 2.75) is 12.3 Å². The Balaban J connectivity index is 2.51. The maximum absolute atomic E-state index is 10.8. The lowest BCUT2D eigenvalue weighted by molar-refractivity contribution is -0.109. The Bertz CT molecular complexity index is 336. The summed E-state index contributed by atoms with van der Waals surface area (Å²) in [6.45, 7) is 0.624. The summed E-state index contributed by atoms with van der Waals surface area (Å²) in [5.74, 6) is 0.826. The fourth-order valence-corrected chi connectivity index (χ4v) is 2.05. The van der Waals surface area contributed by atoms with Gasteiger partial charge in [-0.3, -0.25) is 0 Å². The predicted molar refractivity (Wildman–Crippen MR) is 53.1 cm³/mol. The Morgan fingerprint density at radius 3 is 3.15 bits per heavy atom. The van der Waals surface area contributed by atoms with Crippen LogP contribution in [0.3, 0.4) is 0 Å². The van der Waals surface area contributed by atoms with Crippen molar-refractivity contribution in [3.05, 3.63) is 28.2 Å². The average Bonchev–Trinajstić information content (AvgIpc) is 2.18. The van der Waals surface area contributed by atoms with Crippen LogP contribution in [0.2, 0.25) is 0 Å². The van der Waals surface area contributed by atoms with Crippen LogP contribution in [0.1, 0.15) is 17.9 Å². The third kappa shape index (κ3) is 1.48. The molecule has 1 atom stereocenters. The van der Waals surface area contributed by atoms with E-state index in [4.69, 9.17) is 4.74 Å². The second-order valence-corrected chi connectivity index (χ2v) is 3.89. The molecule has 0 radical (unpaired) electrons. The van der Waals surface area contributed by atoms with E-state index in [1.807, 2.05) is 18.2 Å². The summed E-state index contributed by atoms with van der Waals surface area (Å²) >= 11 is 3.40. The van der Waals surface area contributed by atoms with Gasteiger partial charge in [0.25, 0.3) is 0 Å². The van der Waals surface area contributed by atoms with E-state index in [-0.39, 0.29) is 5.92 Å². The predicted octanol–water partition coefficient (Wildman–Crippen LogP) is 2.51. The molecule has 13 heavy (non-hydrogen) atoms. The molecule has 1 aromatic rings. The van der Waals surface area contributed by atoms with Crippen LogP contribution < -0.4 is 4.74 Å². The summed E-state index contributed by atoms with van der Waals surface area (Å²) in [5.41, 5.74) is 0.996. The first kappa shape index (κ1) is 8.75. The van der Waals surface area contributed by atoms with E-state index in [9.17, 15) is 4.79 Å². The van der Waals surface area contributed by atoms with Gasteiger partial charge in [0, 0.05) is 11.5 Å². The van der Waals surface area contributed by atoms with Gasteiger partial charge in [0.1, 0.15) is 12.0 Å². The van der Waals surface area contributed by atoms with Gasteiger partial charge in [-0.1, -0.05) is 12.1 Å². The number of halogens is 1. The van der Waals surface area contributed by atoms with Crippen LogP contribution in [0.4, 0.5) is 0 Å². The number of carbonyl (C=O) groups is 1. The molecule has 68 valence electrons. The zero-order valence-electron chi connectivity index (χ0n) is 7.00. The van der Waals surface area contributed by atoms with E-state index < -0.39 is 0 Å². The SMILES string of the molecule is O=CC1CCOc2c(Br)cccc21. The smallest absolute Gasteiger partial charge is 0.137 e. The van der Waals surface area contributed by atoms with Gasteiger partial charge in [-0.05, 0) is 28.4 Å². The maximum Gasteiger partial charge on any atom is 0.137 e. The monoisotopic (exact) mass is 240 g/mol. The highest BCUT2D eigenvalue weighted by Gasteiger charge is 2.21. The molecule has 1 aliphatic heterocycles. The van der Waals surface area contributed by atoms with Gasteiger partial charge >= 0.3 is 0 Å². The Labute approximate surface area is 85.0 Å². The number of hydrogen-bond acceptors (Lipinski definition) is 2. The second-order valence-electron chi connectivity index (χ2n) is 3.04. The van der Waals surface area contributed by atoms with Gasteiger partial charge in [-0.2, -0.15) is 0 Å². The Morgan fingerprint density at radius 2 is 2.38 bits per heavy atom. The van der Waals surface area contributed by atoms with E-state index in [0.717, 1.165) is 28.5 Å². The quantitative estimate of drug-likeness (QED) is 0.706. The fourth-order valence-electron chi connectivity index (χ4n) is 1.55. The number of ether oxygens (including phenoxy) is 1. The van der Waals surface area contributed by atoms with Crippen molar-refractivity contribution in [2.75, 3.05) is 6.61 Å². The van der Waals surface area contributed by atoms with Gasteiger partial charge < -0.3 is 9.53 Å². The number of fused-ring (bicyclic) bond motifs is 1. The second kappa shape index (κ2) is 3.50. The highest BCUT2D eigenvalue weighted by Crippen LogP contribution is 2.37. The third-order valence-corrected chi connectivity index (χ3v) is 2.86. The largest absolute Gasteiger partial charge is 0.492 e. The molecule has 2 nitrogen and oxygen atoms in total. The summed E-state index contributed by atoms with van der Waals surface area (Å²) in [4.78, 5) is 10.8. The number of rotatable bonds is 1. The molecular formula is C10H9BrO2. The highest BCUT2D eigenvalue weighted by atomic mass is 79.9. The average molecular weight is 241 g/mol. The molecule has 0 saturated heterocycles. The molecule has 1 aromatic carbocycles. The van der Waals surface area contributed by atoms with Crippen LogP contribution in [0.15, 0.2) is 22.7 Å².